The lowest BCUT2D eigenvalue weighted by molar-refractivity contribution is -0.0817. The van der Waals surface area contributed by atoms with Crippen LogP contribution in [0.15, 0.2) is 4.99 Å². The Morgan fingerprint density at radius 1 is 1.10 bits per heavy atom. The minimum Gasteiger partial charge on any atom is -0.375 e. The summed E-state index contributed by atoms with van der Waals surface area (Å²) >= 11 is 0. The highest BCUT2D eigenvalue weighted by molar-refractivity contribution is 7.90. The fourth-order valence-corrected chi connectivity index (χ4v) is 5.04. The summed E-state index contributed by atoms with van der Waals surface area (Å²) in [5, 5.41) is 3.29. The van der Waals surface area contributed by atoms with Gasteiger partial charge in [-0.15, -0.1) is 0 Å². The molecular weight excluding hydrogens is 413 g/mol. The fourth-order valence-electron chi connectivity index (χ4n) is 4.06. The molecule has 12 heteroatoms. The number of hydrogen-bond donors (Lipinski definition) is 1. The number of aliphatic imine (C=N–C) groups is 1. The van der Waals surface area contributed by atoms with E-state index in [-0.39, 0.29) is 31.2 Å². The number of guanidine groups is 1. The number of nitrogens with one attached hydrogen (secondary N) is 1. The maximum atomic E-state index is 12.7. The molecule has 3 rings (SSSR count). The summed E-state index contributed by atoms with van der Waals surface area (Å²) in [5.41, 5.74) is -5.24. The molecule has 3 aliphatic heterocycles. The largest absolute Gasteiger partial charge is 0.511 e. The van der Waals surface area contributed by atoms with E-state index in [1.54, 1.807) is 7.05 Å². The normalized spacial score (nSPS) is 28.7. The van der Waals surface area contributed by atoms with Crippen molar-refractivity contribution < 1.29 is 31.1 Å². The van der Waals surface area contributed by atoms with Crippen LogP contribution in [0.3, 0.4) is 0 Å². The Balaban J connectivity index is 1.47. The highest BCUT2D eigenvalue weighted by Gasteiger charge is 2.50. The smallest absolute Gasteiger partial charge is 0.375 e. The molecule has 1 N–H and O–H groups in total. The van der Waals surface area contributed by atoms with Gasteiger partial charge < -0.3 is 19.7 Å². The highest BCUT2D eigenvalue weighted by atomic mass is 32.2. The maximum Gasteiger partial charge on any atom is 0.511 e. The van der Waals surface area contributed by atoms with Crippen LogP contribution in [0.5, 0.6) is 0 Å². The van der Waals surface area contributed by atoms with Gasteiger partial charge in [-0.2, -0.15) is 17.5 Å². The molecule has 3 fully saturated rings. The molecular formula is C17H29F3N4O4S. The van der Waals surface area contributed by atoms with Gasteiger partial charge in [-0.3, -0.25) is 4.99 Å². The molecule has 168 valence electrons. The molecule has 0 saturated carbocycles. The number of rotatable bonds is 4. The van der Waals surface area contributed by atoms with Gasteiger partial charge in [0, 0.05) is 46.4 Å². The Hall–Kier alpha value is -1.11. The SMILES string of the molecule is CN=C(NCC1CCN(S(=O)(=O)C(F)(F)F)CC1)N1CCOC(C2CCCO2)C1. The Morgan fingerprint density at radius 2 is 1.79 bits per heavy atom. The summed E-state index contributed by atoms with van der Waals surface area (Å²) in [7, 11) is -3.54. The predicted octanol–water partition coefficient (Wildman–Crippen LogP) is 1.00. The molecule has 0 amide bonds. The number of halogens is 3. The van der Waals surface area contributed by atoms with Gasteiger partial charge in [0.15, 0.2) is 5.96 Å². The minimum absolute atomic E-state index is 0.000568. The Labute approximate surface area is 169 Å². The van der Waals surface area contributed by atoms with Crippen molar-refractivity contribution in [3.05, 3.63) is 0 Å². The standard InChI is InChI=1S/C17H29F3N4O4S/c1-21-16(23-8-10-28-15(12-23)14-3-2-9-27-14)22-11-13-4-6-24(7-5-13)29(25,26)17(18,19)20/h13-15H,2-12H2,1H3,(H,21,22). The third kappa shape index (κ3) is 5.33. The summed E-state index contributed by atoms with van der Waals surface area (Å²) in [6.45, 7) is 3.02. The Morgan fingerprint density at radius 3 is 2.38 bits per heavy atom. The number of morpholine rings is 1. The molecule has 0 aliphatic carbocycles. The summed E-state index contributed by atoms with van der Waals surface area (Å²) < 4.78 is 73.2. The van der Waals surface area contributed by atoms with E-state index >= 15 is 0 Å². The molecule has 0 bridgehead atoms. The van der Waals surface area contributed by atoms with Crippen LogP contribution in [-0.2, 0) is 19.5 Å². The Kier molecular flexibility index (Phi) is 7.28. The van der Waals surface area contributed by atoms with Crippen LogP contribution in [0, 0.1) is 5.92 Å². The quantitative estimate of drug-likeness (QED) is 0.517. The molecule has 3 aliphatic rings. The van der Waals surface area contributed by atoms with Gasteiger partial charge in [0.25, 0.3) is 0 Å². The van der Waals surface area contributed by atoms with Crippen LogP contribution in [0.1, 0.15) is 25.7 Å². The zero-order valence-corrected chi connectivity index (χ0v) is 17.3. The van der Waals surface area contributed by atoms with Crippen molar-refractivity contribution in [1.82, 2.24) is 14.5 Å². The van der Waals surface area contributed by atoms with E-state index in [2.05, 4.69) is 15.2 Å². The molecule has 2 unspecified atom stereocenters. The lowest BCUT2D eigenvalue weighted by Crippen LogP contribution is -2.54. The molecule has 2 atom stereocenters. The summed E-state index contributed by atoms with van der Waals surface area (Å²) in [5.74, 6) is 0.808. The van der Waals surface area contributed by atoms with Crippen LogP contribution in [0.4, 0.5) is 13.2 Å². The van der Waals surface area contributed by atoms with Crippen LogP contribution in [-0.4, -0.2) is 94.3 Å². The van der Waals surface area contributed by atoms with E-state index < -0.39 is 15.5 Å². The van der Waals surface area contributed by atoms with Gasteiger partial charge in [0.2, 0.25) is 0 Å². The van der Waals surface area contributed by atoms with E-state index in [1.165, 1.54) is 0 Å². The van der Waals surface area contributed by atoms with Gasteiger partial charge in [0.1, 0.15) is 6.10 Å². The highest BCUT2D eigenvalue weighted by Crippen LogP contribution is 2.30. The first-order chi connectivity index (χ1) is 13.7. The maximum absolute atomic E-state index is 12.7. The van der Waals surface area contributed by atoms with Crippen molar-refractivity contribution in [2.24, 2.45) is 10.9 Å². The van der Waals surface area contributed by atoms with E-state index in [0.717, 1.165) is 25.4 Å². The van der Waals surface area contributed by atoms with Crippen LogP contribution in [0.2, 0.25) is 0 Å². The third-order valence-corrected chi connectivity index (χ3v) is 7.37. The summed E-state index contributed by atoms with van der Waals surface area (Å²) in [6, 6.07) is 0. The van der Waals surface area contributed by atoms with E-state index in [9.17, 15) is 21.6 Å². The molecule has 0 aromatic heterocycles. The van der Waals surface area contributed by atoms with Crippen LogP contribution >= 0.6 is 0 Å². The molecule has 0 aromatic rings. The molecule has 0 aromatic carbocycles. The van der Waals surface area contributed by atoms with Gasteiger partial charge in [-0.25, -0.2) is 8.42 Å². The van der Waals surface area contributed by atoms with Gasteiger partial charge in [0.05, 0.1) is 12.7 Å². The van der Waals surface area contributed by atoms with Crippen molar-refractivity contribution >= 4 is 16.0 Å². The lowest BCUT2D eigenvalue weighted by atomic mass is 9.98. The van der Waals surface area contributed by atoms with Crippen molar-refractivity contribution in [3.63, 3.8) is 0 Å². The third-order valence-electron chi connectivity index (χ3n) is 5.74. The number of ether oxygens (including phenoxy) is 2. The monoisotopic (exact) mass is 442 g/mol. The van der Waals surface area contributed by atoms with Crippen molar-refractivity contribution in [1.29, 1.82) is 0 Å². The zero-order chi connectivity index (χ0) is 21.1. The van der Waals surface area contributed by atoms with Crippen molar-refractivity contribution in [3.8, 4) is 0 Å². The van der Waals surface area contributed by atoms with E-state index in [4.69, 9.17) is 9.47 Å². The second-order valence-electron chi connectivity index (χ2n) is 7.63. The molecule has 29 heavy (non-hydrogen) atoms. The average molecular weight is 443 g/mol. The predicted molar refractivity (Wildman–Crippen MR) is 101 cm³/mol. The molecule has 0 radical (unpaired) electrons. The van der Waals surface area contributed by atoms with Crippen molar-refractivity contribution in [2.45, 2.75) is 43.4 Å². The van der Waals surface area contributed by atoms with Gasteiger partial charge in [-0.1, -0.05) is 0 Å². The minimum atomic E-state index is -5.24. The van der Waals surface area contributed by atoms with Crippen LogP contribution < -0.4 is 5.32 Å². The summed E-state index contributed by atoms with van der Waals surface area (Å²) in [4.78, 5) is 6.43. The van der Waals surface area contributed by atoms with Gasteiger partial charge >= 0.3 is 15.5 Å². The van der Waals surface area contributed by atoms with E-state index in [0.29, 0.717) is 43.4 Å². The number of hydrogen-bond acceptors (Lipinski definition) is 5. The Bertz CT molecular complexity index is 675. The first-order valence-electron chi connectivity index (χ1n) is 9.97. The summed E-state index contributed by atoms with van der Waals surface area (Å²) in [6.07, 6.45) is 2.89. The van der Waals surface area contributed by atoms with Crippen LogP contribution in [0.25, 0.3) is 0 Å². The second kappa shape index (κ2) is 9.36. The molecule has 8 nitrogen and oxygen atoms in total. The topological polar surface area (TPSA) is 83.5 Å². The first-order valence-corrected chi connectivity index (χ1v) is 11.4. The van der Waals surface area contributed by atoms with Gasteiger partial charge in [-0.05, 0) is 31.6 Å². The lowest BCUT2D eigenvalue weighted by Gasteiger charge is -2.38. The molecule has 3 saturated heterocycles. The fraction of sp³-hybridized carbons (Fsp3) is 0.941. The number of alkyl halides is 3. The molecule has 3 heterocycles. The molecule has 0 spiro atoms. The zero-order valence-electron chi connectivity index (χ0n) is 16.5. The number of piperidine rings is 1. The first kappa shape index (κ1) is 22.6. The second-order valence-corrected chi connectivity index (χ2v) is 9.56. The number of nitrogens with zero attached hydrogens (tertiary/aromatic N) is 3. The van der Waals surface area contributed by atoms with Crippen molar-refractivity contribution in [2.75, 3.05) is 53.0 Å². The van der Waals surface area contributed by atoms with E-state index in [1.807, 2.05) is 0 Å². The average Bonchev–Trinajstić information content (AvgIpc) is 3.23. The number of sulfonamides is 1.